The fourth-order valence-corrected chi connectivity index (χ4v) is 2.85. The average Bonchev–Trinajstić information content (AvgIpc) is 2.55. The van der Waals surface area contributed by atoms with Crippen LogP contribution in [-0.4, -0.2) is 42.0 Å². The van der Waals surface area contributed by atoms with Crippen molar-refractivity contribution in [1.29, 1.82) is 0 Å². The summed E-state index contributed by atoms with van der Waals surface area (Å²) in [6.45, 7) is 7.77. The molecule has 17 heavy (non-hydrogen) atoms. The van der Waals surface area contributed by atoms with Crippen LogP contribution in [0.25, 0.3) is 0 Å². The molecular weight excluding hydrogens is 214 g/mol. The molecule has 2 fully saturated rings. The number of hydrogen-bond donors (Lipinski definition) is 0. The van der Waals surface area contributed by atoms with Gasteiger partial charge in [-0.3, -0.25) is 9.69 Å². The van der Waals surface area contributed by atoms with E-state index < -0.39 is 0 Å². The first-order valence-corrected chi connectivity index (χ1v) is 6.67. The van der Waals surface area contributed by atoms with Gasteiger partial charge in [-0.2, -0.15) is 0 Å². The fourth-order valence-electron chi connectivity index (χ4n) is 2.85. The first-order chi connectivity index (χ1) is 8.09. The Hall–Kier alpha value is -0.670. The lowest BCUT2D eigenvalue weighted by Crippen LogP contribution is -2.49. The Balaban J connectivity index is 1.96. The molecule has 3 atom stereocenters. The molecule has 0 saturated carbocycles. The molecule has 2 bridgehead atoms. The Morgan fingerprint density at radius 3 is 2.35 bits per heavy atom. The van der Waals surface area contributed by atoms with Gasteiger partial charge in [-0.25, -0.2) is 0 Å². The number of fused-ring (bicyclic) bond motifs is 2. The van der Waals surface area contributed by atoms with E-state index in [0.717, 1.165) is 13.2 Å². The van der Waals surface area contributed by atoms with Crippen LogP contribution in [0.2, 0.25) is 0 Å². The number of morpholine rings is 1. The molecule has 3 nitrogen and oxygen atoms in total. The zero-order valence-corrected chi connectivity index (χ0v) is 11.1. The van der Waals surface area contributed by atoms with Crippen molar-refractivity contribution >= 4 is 5.78 Å². The molecule has 0 spiro atoms. The largest absolute Gasteiger partial charge is 0.378 e. The van der Waals surface area contributed by atoms with Crippen molar-refractivity contribution in [3.63, 3.8) is 0 Å². The molecule has 2 aliphatic heterocycles. The van der Waals surface area contributed by atoms with Gasteiger partial charge in [0.2, 0.25) is 0 Å². The normalized spacial score (nSPS) is 31.3. The molecule has 0 aromatic rings. The zero-order valence-electron chi connectivity index (χ0n) is 11.1. The highest BCUT2D eigenvalue weighted by Crippen LogP contribution is 2.30. The second kappa shape index (κ2) is 5.32. The summed E-state index contributed by atoms with van der Waals surface area (Å²) >= 11 is 0. The first kappa shape index (κ1) is 12.8. The van der Waals surface area contributed by atoms with Gasteiger partial charge < -0.3 is 4.74 Å². The van der Waals surface area contributed by atoms with Gasteiger partial charge in [0.25, 0.3) is 0 Å². The Kier molecular flexibility index (Phi) is 4.00. The SMILES string of the molecule is CC(C)C(=O)/C=C/C(C)N1C2CCC1COC2. The topological polar surface area (TPSA) is 29.5 Å². The third-order valence-corrected chi connectivity index (χ3v) is 3.88. The van der Waals surface area contributed by atoms with E-state index >= 15 is 0 Å². The van der Waals surface area contributed by atoms with Crippen LogP contribution in [0.15, 0.2) is 12.2 Å². The molecule has 2 aliphatic rings. The van der Waals surface area contributed by atoms with Gasteiger partial charge in [-0.05, 0) is 25.8 Å². The lowest BCUT2D eigenvalue weighted by Gasteiger charge is -2.37. The number of carbonyl (C=O) groups is 1. The van der Waals surface area contributed by atoms with E-state index in [4.69, 9.17) is 4.74 Å². The predicted molar refractivity (Wildman–Crippen MR) is 67.9 cm³/mol. The zero-order chi connectivity index (χ0) is 12.4. The molecule has 3 heteroatoms. The maximum absolute atomic E-state index is 11.6. The molecule has 2 heterocycles. The summed E-state index contributed by atoms with van der Waals surface area (Å²) in [5.74, 6) is 0.317. The summed E-state index contributed by atoms with van der Waals surface area (Å²) in [5, 5.41) is 0. The number of ether oxygens (including phenoxy) is 1. The molecule has 0 aromatic heterocycles. The third-order valence-electron chi connectivity index (χ3n) is 3.88. The Morgan fingerprint density at radius 2 is 1.82 bits per heavy atom. The highest BCUT2D eigenvalue weighted by Gasteiger charge is 2.39. The van der Waals surface area contributed by atoms with Crippen molar-refractivity contribution in [2.24, 2.45) is 5.92 Å². The van der Waals surface area contributed by atoms with E-state index in [1.807, 2.05) is 13.8 Å². The molecule has 0 aromatic carbocycles. The van der Waals surface area contributed by atoms with E-state index in [9.17, 15) is 4.79 Å². The summed E-state index contributed by atoms with van der Waals surface area (Å²) in [6, 6.07) is 1.46. The van der Waals surface area contributed by atoms with Gasteiger partial charge in [0.15, 0.2) is 5.78 Å². The first-order valence-electron chi connectivity index (χ1n) is 6.67. The second-order valence-electron chi connectivity index (χ2n) is 5.53. The molecule has 2 rings (SSSR count). The Morgan fingerprint density at radius 1 is 1.24 bits per heavy atom. The van der Waals surface area contributed by atoms with Gasteiger partial charge in [0.05, 0.1) is 13.2 Å². The maximum Gasteiger partial charge on any atom is 0.157 e. The quantitative estimate of drug-likeness (QED) is 0.701. The lowest BCUT2D eigenvalue weighted by molar-refractivity contribution is -0.117. The number of carbonyl (C=O) groups excluding carboxylic acids is 1. The predicted octanol–water partition coefficient (Wildman–Crippen LogP) is 2.02. The number of nitrogens with zero attached hydrogens (tertiary/aromatic N) is 1. The second-order valence-corrected chi connectivity index (χ2v) is 5.53. The number of allylic oxidation sites excluding steroid dienone is 1. The van der Waals surface area contributed by atoms with E-state index in [2.05, 4.69) is 17.9 Å². The molecule has 0 N–H and O–H groups in total. The highest BCUT2D eigenvalue weighted by atomic mass is 16.5. The van der Waals surface area contributed by atoms with Crippen LogP contribution < -0.4 is 0 Å². The number of hydrogen-bond acceptors (Lipinski definition) is 3. The van der Waals surface area contributed by atoms with Gasteiger partial charge >= 0.3 is 0 Å². The summed E-state index contributed by atoms with van der Waals surface area (Å²) < 4.78 is 5.57. The summed E-state index contributed by atoms with van der Waals surface area (Å²) in [4.78, 5) is 14.1. The molecular formula is C14H23NO2. The highest BCUT2D eigenvalue weighted by molar-refractivity contribution is 5.91. The van der Waals surface area contributed by atoms with E-state index in [0.29, 0.717) is 18.1 Å². The van der Waals surface area contributed by atoms with Crippen LogP contribution in [0.1, 0.15) is 33.6 Å². The van der Waals surface area contributed by atoms with Crippen LogP contribution in [0, 0.1) is 5.92 Å². The molecule has 0 aliphatic carbocycles. The van der Waals surface area contributed by atoms with E-state index in [1.165, 1.54) is 12.8 Å². The third kappa shape index (κ3) is 2.78. The molecule has 3 unspecified atom stereocenters. The standard InChI is InChI=1S/C14H23NO2/c1-10(2)14(16)7-4-11(3)15-12-5-6-13(15)9-17-8-12/h4,7,10-13H,5-6,8-9H2,1-3H3/b7-4+. The lowest BCUT2D eigenvalue weighted by atomic mass is 10.1. The minimum absolute atomic E-state index is 0.0971. The molecule has 0 amide bonds. The smallest absolute Gasteiger partial charge is 0.157 e. The summed E-state index contributed by atoms with van der Waals surface area (Å²) in [6.07, 6.45) is 6.28. The Labute approximate surface area is 104 Å². The van der Waals surface area contributed by atoms with Crippen LogP contribution in [0.5, 0.6) is 0 Å². The van der Waals surface area contributed by atoms with Crippen molar-refractivity contribution in [3.8, 4) is 0 Å². The van der Waals surface area contributed by atoms with Crippen molar-refractivity contribution in [3.05, 3.63) is 12.2 Å². The molecule has 0 radical (unpaired) electrons. The van der Waals surface area contributed by atoms with Gasteiger partial charge in [0.1, 0.15) is 0 Å². The van der Waals surface area contributed by atoms with Crippen molar-refractivity contribution in [1.82, 2.24) is 4.90 Å². The number of ketones is 1. The number of rotatable bonds is 4. The van der Waals surface area contributed by atoms with Gasteiger partial charge in [-0.1, -0.05) is 19.9 Å². The van der Waals surface area contributed by atoms with Crippen LogP contribution in [0.3, 0.4) is 0 Å². The van der Waals surface area contributed by atoms with Gasteiger partial charge in [0, 0.05) is 24.0 Å². The monoisotopic (exact) mass is 237 g/mol. The van der Waals surface area contributed by atoms with Gasteiger partial charge in [-0.15, -0.1) is 0 Å². The minimum atomic E-state index is 0.0971. The van der Waals surface area contributed by atoms with Crippen LogP contribution in [0.4, 0.5) is 0 Å². The van der Waals surface area contributed by atoms with Crippen molar-refractivity contribution in [2.45, 2.75) is 51.7 Å². The van der Waals surface area contributed by atoms with Crippen molar-refractivity contribution in [2.75, 3.05) is 13.2 Å². The van der Waals surface area contributed by atoms with E-state index in [1.54, 1.807) is 6.08 Å². The van der Waals surface area contributed by atoms with Crippen LogP contribution in [-0.2, 0) is 9.53 Å². The molecule has 2 saturated heterocycles. The fraction of sp³-hybridized carbons (Fsp3) is 0.786. The summed E-state index contributed by atoms with van der Waals surface area (Å²) in [5.41, 5.74) is 0. The van der Waals surface area contributed by atoms with Crippen molar-refractivity contribution < 1.29 is 9.53 Å². The minimum Gasteiger partial charge on any atom is -0.378 e. The summed E-state index contributed by atoms with van der Waals surface area (Å²) in [7, 11) is 0. The average molecular weight is 237 g/mol. The maximum atomic E-state index is 11.6. The van der Waals surface area contributed by atoms with E-state index in [-0.39, 0.29) is 11.7 Å². The van der Waals surface area contributed by atoms with Crippen LogP contribution >= 0.6 is 0 Å². The Bertz CT molecular complexity index is 295. The molecule has 96 valence electrons.